The first-order chi connectivity index (χ1) is 7.15. The van der Waals surface area contributed by atoms with E-state index in [4.69, 9.17) is 11.6 Å². The van der Waals surface area contributed by atoms with Crippen LogP contribution < -0.4 is 0 Å². The number of thiophene rings is 1. The van der Waals surface area contributed by atoms with Gasteiger partial charge in [-0.1, -0.05) is 16.8 Å². The Morgan fingerprint density at radius 1 is 1.67 bits per heavy atom. The molecule has 2 heterocycles. The molecule has 2 aromatic rings. The van der Waals surface area contributed by atoms with E-state index >= 15 is 0 Å². The molecule has 1 atom stereocenters. The van der Waals surface area contributed by atoms with Crippen molar-refractivity contribution in [1.29, 1.82) is 0 Å². The molecular weight excluding hydrogens is 234 g/mol. The van der Waals surface area contributed by atoms with E-state index in [1.54, 1.807) is 29.4 Å². The number of aryl methyl sites for hydroxylation is 1. The van der Waals surface area contributed by atoms with Crippen LogP contribution in [0.5, 0.6) is 0 Å². The molecule has 15 heavy (non-hydrogen) atoms. The van der Waals surface area contributed by atoms with Crippen LogP contribution in [-0.2, 0) is 13.5 Å². The summed E-state index contributed by atoms with van der Waals surface area (Å²) >= 11 is 7.23. The monoisotopic (exact) mass is 243 g/mol. The Balaban J connectivity index is 2.06. The van der Waals surface area contributed by atoms with Crippen LogP contribution >= 0.6 is 22.9 Å². The van der Waals surface area contributed by atoms with Crippen molar-refractivity contribution in [2.75, 3.05) is 0 Å². The summed E-state index contributed by atoms with van der Waals surface area (Å²) in [4.78, 5) is 0.852. The van der Waals surface area contributed by atoms with Gasteiger partial charge in [0.1, 0.15) is 0 Å². The Morgan fingerprint density at radius 2 is 2.47 bits per heavy atom. The maximum absolute atomic E-state index is 9.87. The summed E-state index contributed by atoms with van der Waals surface area (Å²) in [5.41, 5.74) is 0.773. The predicted octanol–water partition coefficient (Wildman–Crippen LogP) is 1.81. The minimum atomic E-state index is -0.556. The van der Waals surface area contributed by atoms with Gasteiger partial charge < -0.3 is 5.11 Å². The molecule has 1 N–H and O–H groups in total. The molecule has 0 bridgehead atoms. The van der Waals surface area contributed by atoms with Crippen LogP contribution in [0.2, 0.25) is 5.02 Å². The quantitative estimate of drug-likeness (QED) is 0.895. The first-order valence-electron chi connectivity index (χ1n) is 4.42. The van der Waals surface area contributed by atoms with Crippen molar-refractivity contribution in [1.82, 2.24) is 15.0 Å². The lowest BCUT2D eigenvalue weighted by Crippen LogP contribution is -1.99. The zero-order chi connectivity index (χ0) is 10.8. The molecule has 6 heteroatoms. The van der Waals surface area contributed by atoms with Crippen molar-refractivity contribution in [2.24, 2.45) is 7.05 Å². The number of hydrogen-bond donors (Lipinski definition) is 1. The number of aromatic nitrogens is 3. The molecule has 0 fully saturated rings. The standard InChI is InChI=1S/C9H10ClN3OS/c1-13-4-7(11-12-13)3-8(14)9-2-6(10)5-15-9/h2,4-5,8,14H,3H2,1H3. The summed E-state index contributed by atoms with van der Waals surface area (Å²) in [5.74, 6) is 0. The Hall–Kier alpha value is -0.910. The number of aliphatic hydroxyl groups is 1. The Morgan fingerprint density at radius 3 is 3.00 bits per heavy atom. The third kappa shape index (κ3) is 2.56. The molecule has 0 saturated carbocycles. The van der Waals surface area contributed by atoms with Gasteiger partial charge in [-0.05, 0) is 6.07 Å². The van der Waals surface area contributed by atoms with Crippen LogP contribution in [0.15, 0.2) is 17.6 Å². The van der Waals surface area contributed by atoms with Crippen molar-refractivity contribution >= 4 is 22.9 Å². The number of halogens is 1. The van der Waals surface area contributed by atoms with Gasteiger partial charge >= 0.3 is 0 Å². The Bertz CT molecular complexity index is 454. The molecule has 0 radical (unpaired) electrons. The average Bonchev–Trinajstić information content (AvgIpc) is 2.75. The first-order valence-corrected chi connectivity index (χ1v) is 5.68. The van der Waals surface area contributed by atoms with E-state index in [1.165, 1.54) is 11.3 Å². The highest BCUT2D eigenvalue weighted by Crippen LogP contribution is 2.26. The molecule has 0 aromatic carbocycles. The third-order valence-electron chi connectivity index (χ3n) is 1.97. The molecule has 0 spiro atoms. The van der Waals surface area contributed by atoms with Crippen LogP contribution in [-0.4, -0.2) is 20.1 Å². The zero-order valence-electron chi connectivity index (χ0n) is 8.09. The molecule has 2 aromatic heterocycles. The van der Waals surface area contributed by atoms with E-state index in [9.17, 15) is 5.11 Å². The van der Waals surface area contributed by atoms with E-state index in [0.29, 0.717) is 11.4 Å². The van der Waals surface area contributed by atoms with E-state index < -0.39 is 6.10 Å². The van der Waals surface area contributed by atoms with Gasteiger partial charge in [0.05, 0.1) is 16.8 Å². The topological polar surface area (TPSA) is 50.9 Å². The smallest absolute Gasteiger partial charge is 0.0939 e. The van der Waals surface area contributed by atoms with E-state index in [0.717, 1.165) is 10.6 Å². The largest absolute Gasteiger partial charge is 0.387 e. The summed E-state index contributed by atoms with van der Waals surface area (Å²) < 4.78 is 1.61. The summed E-state index contributed by atoms with van der Waals surface area (Å²) in [5, 5.41) is 20.0. The molecule has 0 amide bonds. The van der Waals surface area contributed by atoms with Gasteiger partial charge in [0.15, 0.2) is 0 Å². The minimum absolute atomic E-state index is 0.463. The van der Waals surface area contributed by atoms with Gasteiger partial charge in [-0.15, -0.1) is 16.4 Å². The van der Waals surface area contributed by atoms with Gasteiger partial charge in [0.2, 0.25) is 0 Å². The van der Waals surface area contributed by atoms with Crippen molar-refractivity contribution in [3.8, 4) is 0 Å². The van der Waals surface area contributed by atoms with Crippen molar-refractivity contribution in [3.63, 3.8) is 0 Å². The molecule has 0 aliphatic rings. The summed E-state index contributed by atoms with van der Waals surface area (Å²) in [6.07, 6.45) is 1.70. The van der Waals surface area contributed by atoms with E-state index in [-0.39, 0.29) is 0 Å². The highest BCUT2D eigenvalue weighted by molar-refractivity contribution is 7.10. The SMILES string of the molecule is Cn1cc(CC(O)c2cc(Cl)cs2)nn1. The van der Waals surface area contributed by atoms with E-state index in [2.05, 4.69) is 10.3 Å². The second kappa shape index (κ2) is 4.30. The minimum Gasteiger partial charge on any atom is -0.387 e. The molecule has 0 aliphatic heterocycles. The molecule has 80 valence electrons. The van der Waals surface area contributed by atoms with Crippen molar-refractivity contribution in [2.45, 2.75) is 12.5 Å². The Labute approximate surface area is 96.1 Å². The maximum Gasteiger partial charge on any atom is 0.0939 e. The normalized spacial score (nSPS) is 13.0. The second-order valence-corrected chi connectivity index (χ2v) is 4.65. The molecular formula is C9H10ClN3OS. The van der Waals surface area contributed by atoms with Crippen LogP contribution in [0, 0.1) is 0 Å². The third-order valence-corrected chi connectivity index (χ3v) is 3.35. The van der Waals surface area contributed by atoms with Gasteiger partial charge in [-0.2, -0.15) is 0 Å². The second-order valence-electron chi connectivity index (χ2n) is 3.27. The van der Waals surface area contributed by atoms with E-state index in [1.807, 2.05) is 0 Å². The predicted molar refractivity (Wildman–Crippen MR) is 59.0 cm³/mol. The Kier molecular flexibility index (Phi) is 3.04. The summed E-state index contributed by atoms with van der Waals surface area (Å²) in [7, 11) is 1.80. The highest BCUT2D eigenvalue weighted by atomic mass is 35.5. The summed E-state index contributed by atoms with van der Waals surface area (Å²) in [6.45, 7) is 0. The summed E-state index contributed by atoms with van der Waals surface area (Å²) in [6, 6.07) is 1.77. The lowest BCUT2D eigenvalue weighted by Gasteiger charge is -2.04. The van der Waals surface area contributed by atoms with Gasteiger partial charge in [0, 0.05) is 29.9 Å². The number of aliphatic hydroxyl groups excluding tert-OH is 1. The molecule has 0 saturated heterocycles. The number of nitrogens with zero attached hydrogens (tertiary/aromatic N) is 3. The van der Waals surface area contributed by atoms with Gasteiger partial charge in [0.25, 0.3) is 0 Å². The van der Waals surface area contributed by atoms with Crippen LogP contribution in [0.25, 0.3) is 0 Å². The molecule has 0 aliphatic carbocycles. The number of rotatable bonds is 3. The average molecular weight is 244 g/mol. The van der Waals surface area contributed by atoms with Gasteiger partial charge in [-0.3, -0.25) is 4.68 Å². The number of hydrogen-bond acceptors (Lipinski definition) is 4. The lowest BCUT2D eigenvalue weighted by molar-refractivity contribution is 0.181. The van der Waals surface area contributed by atoms with Crippen molar-refractivity contribution in [3.05, 3.63) is 33.2 Å². The fourth-order valence-electron chi connectivity index (χ4n) is 1.29. The lowest BCUT2D eigenvalue weighted by atomic mass is 10.2. The molecule has 4 nitrogen and oxygen atoms in total. The molecule has 1 unspecified atom stereocenters. The maximum atomic E-state index is 9.87. The highest BCUT2D eigenvalue weighted by Gasteiger charge is 2.12. The van der Waals surface area contributed by atoms with Crippen LogP contribution in [0.1, 0.15) is 16.7 Å². The zero-order valence-corrected chi connectivity index (χ0v) is 9.66. The van der Waals surface area contributed by atoms with Crippen molar-refractivity contribution < 1.29 is 5.11 Å². The van der Waals surface area contributed by atoms with Crippen LogP contribution in [0.3, 0.4) is 0 Å². The fraction of sp³-hybridized carbons (Fsp3) is 0.333. The molecule has 2 rings (SSSR count). The van der Waals surface area contributed by atoms with Gasteiger partial charge in [-0.25, -0.2) is 0 Å². The fourth-order valence-corrected chi connectivity index (χ4v) is 2.36. The van der Waals surface area contributed by atoms with Crippen LogP contribution in [0.4, 0.5) is 0 Å². The first kappa shape index (κ1) is 10.6.